The van der Waals surface area contributed by atoms with Crippen LogP contribution in [0.1, 0.15) is 28.4 Å². The number of rotatable bonds is 7. The summed E-state index contributed by atoms with van der Waals surface area (Å²) in [6.07, 6.45) is 2.10. The Morgan fingerprint density at radius 2 is 2.00 bits per heavy atom. The molecule has 1 amide bonds. The smallest absolute Gasteiger partial charge is 0.260 e. The number of ether oxygens (including phenoxy) is 2. The number of imidazole rings is 1. The first-order valence-electron chi connectivity index (χ1n) is 10.7. The second kappa shape index (κ2) is 9.69. The van der Waals surface area contributed by atoms with Gasteiger partial charge in [-0.3, -0.25) is 4.79 Å². The van der Waals surface area contributed by atoms with Crippen LogP contribution in [-0.2, 0) is 13.5 Å². The number of nitrogens with one attached hydrogen (secondary N) is 2. The van der Waals surface area contributed by atoms with E-state index >= 15 is 0 Å². The number of nitriles is 1. The van der Waals surface area contributed by atoms with E-state index in [0.717, 1.165) is 0 Å². The molecule has 10 heteroatoms. The predicted octanol–water partition coefficient (Wildman–Crippen LogP) is 4.55. The minimum absolute atomic E-state index is 0.195. The first kappa shape index (κ1) is 23.5. The van der Waals surface area contributed by atoms with Gasteiger partial charge in [0.05, 0.1) is 48.9 Å². The lowest BCUT2D eigenvalue weighted by atomic mass is 10.1. The van der Waals surface area contributed by atoms with Crippen molar-refractivity contribution in [1.82, 2.24) is 14.5 Å². The molecule has 178 valence electrons. The van der Waals surface area contributed by atoms with Gasteiger partial charge in [-0.15, -0.1) is 0 Å². The van der Waals surface area contributed by atoms with Gasteiger partial charge in [0.1, 0.15) is 28.7 Å². The Morgan fingerprint density at radius 3 is 2.69 bits per heavy atom. The summed E-state index contributed by atoms with van der Waals surface area (Å²) in [7, 11) is 4.79. The summed E-state index contributed by atoms with van der Waals surface area (Å²) in [6.45, 7) is 1.87. The van der Waals surface area contributed by atoms with Gasteiger partial charge in [-0.05, 0) is 36.2 Å². The molecule has 2 heterocycles. The number of carbonyl (C=O) groups excluding carboxylic acids is 1. The van der Waals surface area contributed by atoms with Gasteiger partial charge in [0.25, 0.3) is 5.91 Å². The van der Waals surface area contributed by atoms with Gasteiger partial charge in [-0.25, -0.2) is 14.4 Å². The summed E-state index contributed by atoms with van der Waals surface area (Å²) in [4.78, 5) is 22.0. The SMILES string of the molecule is CCc1cc(C#N)cc(F)c1Nc1cc2c(ncn2C)c(NC(=O)c2ccc(OC)cc2OC)n1. The standard InChI is InChI=1S/C25H23FN6O3/c1-5-15-8-14(12-27)9-18(26)22(15)29-21-11-19-23(28-13-32(19)2)24(30-21)31-25(33)17-7-6-16(34-3)10-20(17)35-4/h6-11,13H,5H2,1-4H3,(H2,29,30,31,33). The second-order valence-corrected chi connectivity index (χ2v) is 7.68. The number of hydrogen-bond donors (Lipinski definition) is 2. The molecule has 2 aromatic heterocycles. The molecule has 0 fully saturated rings. The van der Waals surface area contributed by atoms with Crippen molar-refractivity contribution >= 4 is 34.3 Å². The van der Waals surface area contributed by atoms with E-state index in [1.165, 1.54) is 20.3 Å². The third-order valence-electron chi connectivity index (χ3n) is 5.53. The Hall–Kier alpha value is -4.65. The predicted molar refractivity (Wildman–Crippen MR) is 130 cm³/mol. The highest BCUT2D eigenvalue weighted by molar-refractivity contribution is 6.09. The third-order valence-corrected chi connectivity index (χ3v) is 5.53. The molecule has 4 rings (SSSR count). The van der Waals surface area contributed by atoms with Gasteiger partial charge in [-0.1, -0.05) is 6.92 Å². The molecule has 0 radical (unpaired) electrons. The van der Waals surface area contributed by atoms with Crippen molar-refractivity contribution in [1.29, 1.82) is 5.26 Å². The van der Waals surface area contributed by atoms with Crippen LogP contribution in [0.5, 0.6) is 11.5 Å². The van der Waals surface area contributed by atoms with E-state index in [-0.39, 0.29) is 22.6 Å². The van der Waals surface area contributed by atoms with Gasteiger partial charge in [0, 0.05) is 19.2 Å². The number of anilines is 3. The fourth-order valence-corrected chi connectivity index (χ4v) is 3.71. The first-order chi connectivity index (χ1) is 16.9. The molecule has 0 atom stereocenters. The Kier molecular flexibility index (Phi) is 6.51. The van der Waals surface area contributed by atoms with Gasteiger partial charge in [0.15, 0.2) is 5.82 Å². The molecule has 2 N–H and O–H groups in total. The zero-order valence-electron chi connectivity index (χ0n) is 19.6. The number of carbonyl (C=O) groups is 1. The van der Waals surface area contributed by atoms with Crippen LogP contribution < -0.4 is 20.1 Å². The molecular formula is C25H23FN6O3. The zero-order chi connectivity index (χ0) is 25.1. The average Bonchev–Trinajstić information content (AvgIpc) is 3.25. The first-order valence-corrected chi connectivity index (χ1v) is 10.7. The lowest BCUT2D eigenvalue weighted by molar-refractivity contribution is 0.102. The quantitative estimate of drug-likeness (QED) is 0.404. The number of hydrogen-bond acceptors (Lipinski definition) is 7. The van der Waals surface area contributed by atoms with Gasteiger partial charge >= 0.3 is 0 Å². The summed E-state index contributed by atoms with van der Waals surface area (Å²) < 4.78 is 27.1. The van der Waals surface area contributed by atoms with E-state index in [1.54, 1.807) is 48.3 Å². The topological polar surface area (TPSA) is 114 Å². The van der Waals surface area contributed by atoms with Gasteiger partial charge in [0.2, 0.25) is 0 Å². The molecule has 2 aromatic carbocycles. The van der Waals surface area contributed by atoms with Crippen LogP contribution >= 0.6 is 0 Å². The number of aryl methyl sites for hydroxylation is 2. The van der Waals surface area contributed by atoms with Crippen LogP contribution in [0.15, 0.2) is 42.7 Å². The van der Waals surface area contributed by atoms with Crippen molar-refractivity contribution < 1.29 is 18.7 Å². The Labute approximate surface area is 201 Å². The largest absolute Gasteiger partial charge is 0.497 e. The van der Waals surface area contributed by atoms with E-state index in [9.17, 15) is 9.18 Å². The van der Waals surface area contributed by atoms with E-state index in [4.69, 9.17) is 14.7 Å². The Balaban J connectivity index is 1.75. The van der Waals surface area contributed by atoms with Crippen LogP contribution in [0.4, 0.5) is 21.7 Å². The van der Waals surface area contributed by atoms with Crippen LogP contribution in [0, 0.1) is 17.1 Å². The van der Waals surface area contributed by atoms with Crippen molar-refractivity contribution in [3.05, 3.63) is 65.2 Å². The van der Waals surface area contributed by atoms with Crippen LogP contribution in [-0.4, -0.2) is 34.7 Å². The highest BCUT2D eigenvalue weighted by atomic mass is 19.1. The molecule has 9 nitrogen and oxygen atoms in total. The van der Waals surface area contributed by atoms with Crippen molar-refractivity contribution in [2.24, 2.45) is 7.05 Å². The van der Waals surface area contributed by atoms with E-state index in [2.05, 4.69) is 20.6 Å². The highest BCUT2D eigenvalue weighted by Gasteiger charge is 2.19. The fourth-order valence-electron chi connectivity index (χ4n) is 3.71. The maximum Gasteiger partial charge on any atom is 0.260 e. The molecule has 0 saturated carbocycles. The number of benzene rings is 2. The molecule has 0 saturated heterocycles. The van der Waals surface area contributed by atoms with E-state index < -0.39 is 11.7 Å². The lowest BCUT2D eigenvalue weighted by Crippen LogP contribution is -2.15. The number of methoxy groups -OCH3 is 2. The number of pyridine rings is 1. The maximum absolute atomic E-state index is 14.8. The molecule has 0 aliphatic rings. The summed E-state index contributed by atoms with van der Waals surface area (Å²) in [5.74, 6) is 0.352. The molecule has 0 spiro atoms. The summed E-state index contributed by atoms with van der Waals surface area (Å²) >= 11 is 0. The summed E-state index contributed by atoms with van der Waals surface area (Å²) in [5, 5.41) is 15.0. The third kappa shape index (κ3) is 4.56. The molecule has 4 aromatic rings. The minimum Gasteiger partial charge on any atom is -0.497 e. The molecule has 0 unspecified atom stereocenters. The van der Waals surface area contributed by atoms with Gasteiger partial charge in [-0.2, -0.15) is 5.26 Å². The molecule has 0 aliphatic carbocycles. The number of halogens is 1. The summed E-state index contributed by atoms with van der Waals surface area (Å²) in [5.41, 5.74) is 2.50. The number of fused-ring (bicyclic) bond motifs is 1. The van der Waals surface area contributed by atoms with Crippen molar-refractivity contribution in [2.75, 3.05) is 24.9 Å². The van der Waals surface area contributed by atoms with Crippen molar-refractivity contribution in [3.8, 4) is 17.6 Å². The Bertz CT molecular complexity index is 1470. The molecule has 0 bridgehead atoms. The fraction of sp³-hybridized carbons (Fsp3) is 0.200. The highest BCUT2D eigenvalue weighted by Crippen LogP contribution is 2.31. The van der Waals surface area contributed by atoms with Crippen molar-refractivity contribution in [2.45, 2.75) is 13.3 Å². The molecular weight excluding hydrogens is 451 g/mol. The van der Waals surface area contributed by atoms with Crippen molar-refractivity contribution in [3.63, 3.8) is 0 Å². The maximum atomic E-state index is 14.8. The number of amides is 1. The normalized spacial score (nSPS) is 10.6. The second-order valence-electron chi connectivity index (χ2n) is 7.68. The van der Waals surface area contributed by atoms with Crippen LogP contribution in [0.25, 0.3) is 11.0 Å². The minimum atomic E-state index is -0.568. The van der Waals surface area contributed by atoms with Crippen LogP contribution in [0.3, 0.4) is 0 Å². The molecule has 0 aliphatic heterocycles. The van der Waals surface area contributed by atoms with Crippen LogP contribution in [0.2, 0.25) is 0 Å². The van der Waals surface area contributed by atoms with Gasteiger partial charge < -0.3 is 24.7 Å². The zero-order valence-corrected chi connectivity index (χ0v) is 19.6. The number of nitrogens with zero attached hydrogens (tertiary/aromatic N) is 4. The monoisotopic (exact) mass is 474 g/mol. The Morgan fingerprint density at radius 1 is 1.20 bits per heavy atom. The van der Waals surface area contributed by atoms with E-state index in [1.807, 2.05) is 13.0 Å². The van der Waals surface area contributed by atoms with E-state index in [0.29, 0.717) is 40.3 Å². The average molecular weight is 474 g/mol. The summed E-state index contributed by atoms with van der Waals surface area (Å²) in [6, 6.07) is 11.3. The molecule has 35 heavy (non-hydrogen) atoms. The number of aromatic nitrogens is 3. The lowest BCUT2D eigenvalue weighted by Gasteiger charge is -2.15.